The maximum absolute atomic E-state index is 13.1. The second kappa shape index (κ2) is 12.4. The van der Waals surface area contributed by atoms with Crippen LogP contribution in [0.1, 0.15) is 58.6 Å². The maximum Gasteiger partial charge on any atom is 0.410 e. The Kier molecular flexibility index (Phi) is 9.66. The topological polar surface area (TPSA) is 111 Å². The largest absolute Gasteiger partial charge is 0.445 e. The predicted molar refractivity (Wildman–Crippen MR) is 148 cm³/mol. The molecule has 214 valence electrons. The van der Waals surface area contributed by atoms with E-state index in [1.807, 2.05) is 44.2 Å². The third kappa shape index (κ3) is 8.44. The highest BCUT2D eigenvalue weighted by Gasteiger charge is 2.46. The van der Waals surface area contributed by atoms with Crippen molar-refractivity contribution in [2.45, 2.75) is 83.6 Å². The smallest absolute Gasteiger partial charge is 0.410 e. The highest BCUT2D eigenvalue weighted by molar-refractivity contribution is 7.86. The van der Waals surface area contributed by atoms with Crippen LogP contribution < -0.4 is 5.32 Å². The normalized spacial score (nSPS) is 20.7. The Morgan fingerprint density at radius 3 is 2.33 bits per heavy atom. The van der Waals surface area contributed by atoms with E-state index in [-0.39, 0.29) is 24.1 Å². The molecule has 0 aromatic heterocycles. The number of nitrogens with zero attached hydrogens (tertiary/aromatic N) is 1. The molecule has 1 aliphatic heterocycles. The molecule has 0 spiro atoms. The van der Waals surface area contributed by atoms with Gasteiger partial charge in [0.2, 0.25) is 0 Å². The van der Waals surface area contributed by atoms with Crippen molar-refractivity contribution in [2.75, 3.05) is 13.1 Å². The third-order valence-electron chi connectivity index (χ3n) is 6.95. The van der Waals surface area contributed by atoms with Crippen LogP contribution in [0.15, 0.2) is 59.5 Å². The number of aryl methyl sites for hydroxylation is 1. The van der Waals surface area contributed by atoms with Crippen LogP contribution in [0.2, 0.25) is 0 Å². The second-order valence-corrected chi connectivity index (χ2v) is 12.8. The highest BCUT2D eigenvalue weighted by Crippen LogP contribution is 2.40. The Bertz CT molecular complexity index is 1230. The molecular formula is C29H40N2O7S. The fraction of sp³-hybridized carbons (Fsp3) is 0.517. The molecule has 2 unspecified atom stereocenters. The lowest BCUT2D eigenvalue weighted by molar-refractivity contribution is -0.0342. The number of rotatable bonds is 8. The zero-order valence-electron chi connectivity index (χ0n) is 23.6. The Labute approximate surface area is 231 Å². The van der Waals surface area contributed by atoms with E-state index in [2.05, 4.69) is 5.32 Å². The van der Waals surface area contributed by atoms with Crippen LogP contribution in [-0.2, 0) is 30.4 Å². The fourth-order valence-corrected chi connectivity index (χ4v) is 5.87. The van der Waals surface area contributed by atoms with Crippen LogP contribution in [0.3, 0.4) is 0 Å². The van der Waals surface area contributed by atoms with Gasteiger partial charge in [0.25, 0.3) is 10.1 Å². The Hall–Kier alpha value is -3.11. The van der Waals surface area contributed by atoms with E-state index in [9.17, 15) is 18.0 Å². The molecule has 1 saturated heterocycles. The minimum absolute atomic E-state index is 0.0598. The zero-order valence-corrected chi connectivity index (χ0v) is 24.4. The van der Waals surface area contributed by atoms with Gasteiger partial charge in [-0.25, -0.2) is 9.59 Å². The lowest BCUT2D eigenvalue weighted by Crippen LogP contribution is -2.57. The summed E-state index contributed by atoms with van der Waals surface area (Å²) in [7, 11) is -4.07. The number of carbonyl (C=O) groups is 2. The van der Waals surface area contributed by atoms with Gasteiger partial charge >= 0.3 is 12.2 Å². The number of amides is 2. The van der Waals surface area contributed by atoms with Crippen LogP contribution in [0, 0.1) is 12.3 Å². The molecule has 0 bridgehead atoms. The molecule has 0 aliphatic carbocycles. The first-order chi connectivity index (χ1) is 18.2. The van der Waals surface area contributed by atoms with Gasteiger partial charge in [-0.05, 0) is 72.1 Å². The van der Waals surface area contributed by atoms with Gasteiger partial charge in [-0.2, -0.15) is 8.42 Å². The molecule has 39 heavy (non-hydrogen) atoms. The average Bonchev–Trinajstić information content (AvgIpc) is 2.85. The SMILES string of the molecule is Cc1ccc(S(=O)(=O)OC(C)C2(CNC(=O)OCc3ccccc3)CCN(C(=O)OC(C)(C)C)[C@@H](C)C2)cc1. The number of likely N-dealkylation sites (tertiary alicyclic amines) is 1. The Morgan fingerprint density at radius 1 is 1.10 bits per heavy atom. The first kappa shape index (κ1) is 30.4. The summed E-state index contributed by atoms with van der Waals surface area (Å²) in [5.74, 6) is 0. The van der Waals surface area contributed by atoms with E-state index in [0.29, 0.717) is 19.4 Å². The van der Waals surface area contributed by atoms with E-state index in [1.54, 1.807) is 44.7 Å². The minimum atomic E-state index is -4.07. The number of ether oxygens (including phenoxy) is 2. The molecule has 2 aromatic carbocycles. The number of nitrogens with one attached hydrogen (secondary N) is 1. The van der Waals surface area contributed by atoms with Crippen LogP contribution >= 0.6 is 0 Å². The summed E-state index contributed by atoms with van der Waals surface area (Å²) >= 11 is 0. The third-order valence-corrected chi connectivity index (χ3v) is 8.34. The van der Waals surface area contributed by atoms with E-state index < -0.39 is 39.4 Å². The summed E-state index contributed by atoms with van der Waals surface area (Å²) in [5.41, 5.74) is 0.345. The van der Waals surface area contributed by atoms with Crippen molar-refractivity contribution in [1.82, 2.24) is 10.2 Å². The summed E-state index contributed by atoms with van der Waals surface area (Å²) in [6, 6.07) is 15.5. The number of carbonyl (C=O) groups excluding carboxylic acids is 2. The number of hydrogen-bond donors (Lipinski definition) is 1. The molecule has 0 saturated carbocycles. The molecule has 2 amide bonds. The standard InChI is InChI=1S/C29H40N2O7S/c1-21-12-14-25(15-13-21)39(34,35)38-23(3)29(20-30-26(32)36-19-24-10-8-7-9-11-24)16-17-31(22(2)18-29)27(33)37-28(4,5)6/h7-15,22-23H,16-20H2,1-6H3,(H,30,32)/t22-,23?,29?/m0/s1. The Balaban J connectivity index is 1.77. The van der Waals surface area contributed by atoms with Crippen LogP contribution in [-0.4, -0.2) is 56.3 Å². The van der Waals surface area contributed by atoms with Crippen LogP contribution in [0.25, 0.3) is 0 Å². The van der Waals surface area contributed by atoms with Crippen molar-refractivity contribution in [2.24, 2.45) is 5.41 Å². The first-order valence-corrected chi connectivity index (χ1v) is 14.6. The lowest BCUT2D eigenvalue weighted by Gasteiger charge is -2.48. The van der Waals surface area contributed by atoms with Crippen molar-refractivity contribution < 1.29 is 31.7 Å². The molecule has 1 fully saturated rings. The van der Waals surface area contributed by atoms with Crippen molar-refractivity contribution in [3.63, 3.8) is 0 Å². The average molecular weight is 561 g/mol. The van der Waals surface area contributed by atoms with Crippen LogP contribution in [0.4, 0.5) is 9.59 Å². The van der Waals surface area contributed by atoms with Gasteiger partial charge in [-0.15, -0.1) is 0 Å². The van der Waals surface area contributed by atoms with Gasteiger partial charge in [0, 0.05) is 24.5 Å². The minimum Gasteiger partial charge on any atom is -0.445 e. The summed E-state index contributed by atoms with van der Waals surface area (Å²) in [5, 5.41) is 2.81. The van der Waals surface area contributed by atoms with Gasteiger partial charge in [0.1, 0.15) is 12.2 Å². The quantitative estimate of drug-likeness (QED) is 0.429. The molecular weight excluding hydrogens is 520 g/mol. The molecule has 1 N–H and O–H groups in total. The van der Waals surface area contributed by atoms with E-state index in [0.717, 1.165) is 11.1 Å². The number of hydrogen-bond acceptors (Lipinski definition) is 7. The van der Waals surface area contributed by atoms with Crippen LogP contribution in [0.5, 0.6) is 0 Å². The van der Waals surface area contributed by atoms with Gasteiger partial charge < -0.3 is 19.7 Å². The highest BCUT2D eigenvalue weighted by atomic mass is 32.2. The zero-order chi connectivity index (χ0) is 28.8. The number of benzene rings is 2. The fourth-order valence-electron chi connectivity index (χ4n) is 4.70. The lowest BCUT2D eigenvalue weighted by atomic mass is 9.71. The van der Waals surface area contributed by atoms with E-state index in [1.165, 1.54) is 12.1 Å². The van der Waals surface area contributed by atoms with Crippen molar-refractivity contribution in [3.05, 3.63) is 65.7 Å². The molecule has 2 aromatic rings. The number of piperidine rings is 1. The molecule has 10 heteroatoms. The predicted octanol–water partition coefficient (Wildman–Crippen LogP) is 5.42. The first-order valence-electron chi connectivity index (χ1n) is 13.1. The number of alkyl carbamates (subject to hydrolysis) is 1. The monoisotopic (exact) mass is 560 g/mol. The molecule has 3 rings (SSSR count). The summed E-state index contributed by atoms with van der Waals surface area (Å²) in [6.45, 7) is 11.4. The summed E-state index contributed by atoms with van der Waals surface area (Å²) in [4.78, 5) is 27.1. The Morgan fingerprint density at radius 2 is 1.74 bits per heavy atom. The van der Waals surface area contributed by atoms with Gasteiger partial charge in [-0.3, -0.25) is 4.18 Å². The van der Waals surface area contributed by atoms with Gasteiger partial charge in [0.15, 0.2) is 0 Å². The van der Waals surface area contributed by atoms with Crippen molar-refractivity contribution >= 4 is 22.3 Å². The molecule has 1 aliphatic rings. The van der Waals surface area contributed by atoms with Gasteiger partial charge in [-0.1, -0.05) is 48.0 Å². The summed E-state index contributed by atoms with van der Waals surface area (Å²) < 4.78 is 42.9. The molecule has 1 heterocycles. The van der Waals surface area contributed by atoms with E-state index in [4.69, 9.17) is 13.7 Å². The maximum atomic E-state index is 13.1. The second-order valence-electron chi connectivity index (χ2n) is 11.3. The van der Waals surface area contributed by atoms with Crippen molar-refractivity contribution in [3.8, 4) is 0 Å². The molecule has 3 atom stereocenters. The summed E-state index contributed by atoms with van der Waals surface area (Å²) in [6.07, 6.45) is -1.08. The van der Waals surface area contributed by atoms with Gasteiger partial charge in [0.05, 0.1) is 11.0 Å². The van der Waals surface area contributed by atoms with Crippen molar-refractivity contribution in [1.29, 1.82) is 0 Å². The van der Waals surface area contributed by atoms with E-state index >= 15 is 0 Å². The molecule has 0 radical (unpaired) electrons. The molecule has 9 nitrogen and oxygen atoms in total.